The first kappa shape index (κ1) is 20.1. The molecule has 1 aromatic heterocycles. The third kappa shape index (κ3) is 3.96. The van der Waals surface area contributed by atoms with Gasteiger partial charge in [0.25, 0.3) is 5.91 Å². The fourth-order valence-electron chi connectivity index (χ4n) is 3.85. The van der Waals surface area contributed by atoms with Crippen molar-refractivity contribution in [1.82, 2.24) is 9.99 Å². The van der Waals surface area contributed by atoms with Crippen LogP contribution in [0.1, 0.15) is 28.4 Å². The number of aromatic nitrogens is 1. The minimum atomic E-state index is -0.901. The lowest BCUT2D eigenvalue weighted by molar-refractivity contribution is -0.121. The lowest BCUT2D eigenvalue weighted by Crippen LogP contribution is -2.24. The lowest BCUT2D eigenvalue weighted by atomic mass is 10.0. The van der Waals surface area contributed by atoms with Gasteiger partial charge in [0.1, 0.15) is 0 Å². The lowest BCUT2D eigenvalue weighted by Gasteiger charge is -2.13. The van der Waals surface area contributed by atoms with Crippen molar-refractivity contribution in [1.29, 1.82) is 5.26 Å². The third-order valence-electron chi connectivity index (χ3n) is 5.38. The van der Waals surface area contributed by atoms with Crippen molar-refractivity contribution < 1.29 is 4.79 Å². The average Bonchev–Trinajstić information content (AvgIpc) is 3.07. The predicted molar refractivity (Wildman–Crippen MR) is 123 cm³/mol. The first-order chi connectivity index (χ1) is 15.1. The Morgan fingerprint density at radius 3 is 2.52 bits per heavy atom. The van der Waals surface area contributed by atoms with E-state index in [1.165, 1.54) is 10.8 Å². The average molecular weight is 406 g/mol. The van der Waals surface area contributed by atoms with Crippen LogP contribution < -0.4 is 5.43 Å². The SMILES string of the molecule is Cc1cc(/C=N\NC(=O)[C@@H](C#N)c2ccccc2)c(C)n1-c1cccc2ccccc12. The summed E-state index contributed by atoms with van der Waals surface area (Å²) in [7, 11) is 0. The Bertz CT molecular complexity index is 1310. The molecule has 0 saturated carbocycles. The van der Waals surface area contributed by atoms with Gasteiger partial charge in [0.2, 0.25) is 0 Å². The minimum absolute atomic E-state index is 0.451. The van der Waals surface area contributed by atoms with Gasteiger partial charge in [-0.25, -0.2) is 5.43 Å². The molecule has 3 aromatic carbocycles. The number of nitriles is 1. The Labute approximate surface area is 181 Å². The summed E-state index contributed by atoms with van der Waals surface area (Å²) in [5.41, 5.74) is 7.24. The predicted octanol–water partition coefficient (Wildman–Crippen LogP) is 5.00. The van der Waals surface area contributed by atoms with Gasteiger partial charge in [0, 0.05) is 22.3 Å². The van der Waals surface area contributed by atoms with Crippen molar-refractivity contribution in [3.8, 4) is 11.8 Å². The highest BCUT2D eigenvalue weighted by molar-refractivity contribution is 5.92. The van der Waals surface area contributed by atoms with Gasteiger partial charge in [-0.3, -0.25) is 4.79 Å². The number of fused-ring (bicyclic) bond motifs is 1. The Kier molecular flexibility index (Phi) is 5.63. The number of carbonyl (C=O) groups excluding carboxylic acids is 1. The van der Waals surface area contributed by atoms with Crippen molar-refractivity contribution in [3.05, 3.63) is 101 Å². The molecule has 0 spiro atoms. The standard InChI is InChI=1S/C26H22N4O/c1-18-15-22(17-28-29-26(31)24(16-27)21-9-4-3-5-10-21)19(2)30(18)25-14-8-12-20-11-6-7-13-23(20)25/h3-15,17,24H,1-2H3,(H,29,31)/b28-17-/t24-/m0/s1. The molecule has 31 heavy (non-hydrogen) atoms. The molecule has 1 heterocycles. The van der Waals surface area contributed by atoms with Crippen LogP contribution >= 0.6 is 0 Å². The normalized spacial score (nSPS) is 12.0. The highest BCUT2D eigenvalue weighted by Gasteiger charge is 2.19. The topological polar surface area (TPSA) is 70.2 Å². The van der Waals surface area contributed by atoms with E-state index in [4.69, 9.17) is 0 Å². The van der Waals surface area contributed by atoms with E-state index >= 15 is 0 Å². The summed E-state index contributed by atoms with van der Waals surface area (Å²) < 4.78 is 2.19. The molecule has 152 valence electrons. The van der Waals surface area contributed by atoms with E-state index in [0.717, 1.165) is 22.6 Å². The molecular weight excluding hydrogens is 384 g/mol. The van der Waals surface area contributed by atoms with Crippen molar-refractivity contribution >= 4 is 22.9 Å². The summed E-state index contributed by atoms with van der Waals surface area (Å²) in [6, 6.07) is 27.6. The maximum Gasteiger partial charge on any atom is 0.261 e. The molecule has 4 aromatic rings. The second-order valence-electron chi connectivity index (χ2n) is 7.37. The van der Waals surface area contributed by atoms with Crippen molar-refractivity contribution in [3.63, 3.8) is 0 Å². The third-order valence-corrected chi connectivity index (χ3v) is 5.38. The molecule has 0 radical (unpaired) electrons. The molecular formula is C26H22N4O. The van der Waals surface area contributed by atoms with Crippen LogP contribution in [-0.2, 0) is 4.79 Å². The van der Waals surface area contributed by atoms with Crippen LogP contribution in [0.2, 0.25) is 0 Å². The number of nitrogens with zero attached hydrogens (tertiary/aromatic N) is 3. The van der Waals surface area contributed by atoms with Gasteiger partial charge in [-0.2, -0.15) is 10.4 Å². The number of amides is 1. The van der Waals surface area contributed by atoms with Gasteiger partial charge >= 0.3 is 0 Å². The van der Waals surface area contributed by atoms with E-state index < -0.39 is 11.8 Å². The summed E-state index contributed by atoms with van der Waals surface area (Å²) in [5.74, 6) is -1.35. The number of hydrogen-bond donors (Lipinski definition) is 1. The van der Waals surface area contributed by atoms with Gasteiger partial charge in [0.15, 0.2) is 5.92 Å². The largest absolute Gasteiger partial charge is 0.317 e. The summed E-state index contributed by atoms with van der Waals surface area (Å²) in [4.78, 5) is 12.4. The monoisotopic (exact) mass is 406 g/mol. The molecule has 0 aliphatic carbocycles. The minimum Gasteiger partial charge on any atom is -0.317 e. The van der Waals surface area contributed by atoms with Crippen LogP contribution in [0, 0.1) is 25.2 Å². The van der Waals surface area contributed by atoms with Gasteiger partial charge in [-0.05, 0) is 36.9 Å². The van der Waals surface area contributed by atoms with Crippen molar-refractivity contribution in [2.45, 2.75) is 19.8 Å². The maximum atomic E-state index is 12.4. The molecule has 0 aliphatic heterocycles. The van der Waals surface area contributed by atoms with Crippen molar-refractivity contribution in [2.24, 2.45) is 5.10 Å². The molecule has 5 heteroatoms. The van der Waals surface area contributed by atoms with E-state index in [-0.39, 0.29) is 0 Å². The number of carbonyl (C=O) groups is 1. The number of aryl methyl sites for hydroxylation is 1. The molecule has 0 unspecified atom stereocenters. The highest BCUT2D eigenvalue weighted by atomic mass is 16.2. The number of rotatable bonds is 5. The van der Waals surface area contributed by atoms with E-state index in [0.29, 0.717) is 5.56 Å². The summed E-state index contributed by atoms with van der Waals surface area (Å²) in [6.45, 7) is 4.08. The number of hydrazone groups is 1. The van der Waals surface area contributed by atoms with E-state index in [1.807, 2.05) is 44.2 Å². The van der Waals surface area contributed by atoms with E-state index in [2.05, 4.69) is 45.4 Å². The Balaban J connectivity index is 1.59. The quantitative estimate of drug-likeness (QED) is 0.374. The van der Waals surface area contributed by atoms with Gasteiger partial charge in [-0.15, -0.1) is 0 Å². The van der Waals surface area contributed by atoms with Crippen LogP contribution in [0.4, 0.5) is 0 Å². The van der Waals surface area contributed by atoms with Gasteiger partial charge < -0.3 is 4.57 Å². The van der Waals surface area contributed by atoms with Crippen LogP contribution in [0.5, 0.6) is 0 Å². The molecule has 1 amide bonds. The van der Waals surface area contributed by atoms with Crippen LogP contribution in [-0.4, -0.2) is 16.7 Å². The van der Waals surface area contributed by atoms with Crippen LogP contribution in [0.3, 0.4) is 0 Å². The summed E-state index contributed by atoms with van der Waals surface area (Å²) in [5, 5.41) is 15.9. The molecule has 0 bridgehead atoms. The highest BCUT2D eigenvalue weighted by Crippen LogP contribution is 2.26. The first-order valence-corrected chi connectivity index (χ1v) is 10.0. The Morgan fingerprint density at radius 1 is 1.03 bits per heavy atom. The first-order valence-electron chi connectivity index (χ1n) is 10.0. The Hall–Kier alpha value is -4.17. The number of benzene rings is 3. The fourth-order valence-corrected chi connectivity index (χ4v) is 3.85. The Morgan fingerprint density at radius 2 is 1.74 bits per heavy atom. The molecule has 0 aliphatic rings. The smallest absolute Gasteiger partial charge is 0.261 e. The molecule has 4 rings (SSSR count). The fraction of sp³-hybridized carbons (Fsp3) is 0.115. The molecule has 5 nitrogen and oxygen atoms in total. The zero-order chi connectivity index (χ0) is 21.8. The molecule has 0 saturated heterocycles. The summed E-state index contributed by atoms with van der Waals surface area (Å²) in [6.07, 6.45) is 1.63. The van der Waals surface area contributed by atoms with Gasteiger partial charge in [-0.1, -0.05) is 66.7 Å². The molecule has 1 N–H and O–H groups in total. The van der Waals surface area contributed by atoms with E-state index in [1.54, 1.807) is 30.5 Å². The van der Waals surface area contributed by atoms with Crippen molar-refractivity contribution in [2.75, 3.05) is 0 Å². The second kappa shape index (κ2) is 8.68. The maximum absolute atomic E-state index is 12.4. The number of nitrogens with one attached hydrogen (secondary N) is 1. The number of hydrogen-bond acceptors (Lipinski definition) is 3. The van der Waals surface area contributed by atoms with Crippen LogP contribution in [0.15, 0.2) is 84.0 Å². The molecule has 1 atom stereocenters. The molecule has 0 fully saturated rings. The van der Waals surface area contributed by atoms with Crippen LogP contribution in [0.25, 0.3) is 16.5 Å². The van der Waals surface area contributed by atoms with Gasteiger partial charge in [0.05, 0.1) is 18.0 Å². The zero-order valence-corrected chi connectivity index (χ0v) is 17.4. The second-order valence-corrected chi connectivity index (χ2v) is 7.37. The van der Waals surface area contributed by atoms with E-state index in [9.17, 15) is 10.1 Å². The summed E-state index contributed by atoms with van der Waals surface area (Å²) >= 11 is 0. The zero-order valence-electron chi connectivity index (χ0n) is 17.4.